The number of hydrogen-bond acceptors (Lipinski definition) is 0. The van der Waals surface area contributed by atoms with E-state index in [1.807, 2.05) is 0 Å². The van der Waals surface area contributed by atoms with Crippen molar-refractivity contribution in [3.8, 4) is 55.6 Å². The van der Waals surface area contributed by atoms with Gasteiger partial charge < -0.3 is 0 Å². The minimum Gasteiger partial charge on any atom is -0.0616 e. The molecule has 0 heteroatoms. The molecule has 0 N–H and O–H groups in total. The van der Waals surface area contributed by atoms with E-state index in [2.05, 4.69) is 234 Å². The van der Waals surface area contributed by atoms with Gasteiger partial charge in [0.05, 0.1) is 0 Å². The summed E-state index contributed by atoms with van der Waals surface area (Å²) < 4.78 is 0. The molecule has 0 aliphatic heterocycles. The van der Waals surface area contributed by atoms with Gasteiger partial charge in [0.25, 0.3) is 0 Å². The lowest BCUT2D eigenvalue weighted by molar-refractivity contribution is 0.660. The fraction of sp³-hybridized carbons (Fsp3) is 0.0909. The van der Waals surface area contributed by atoms with Gasteiger partial charge in [-0.2, -0.15) is 0 Å². The Hall–Kier alpha value is -7.80. The van der Waals surface area contributed by atoms with Crippen molar-refractivity contribution in [1.29, 1.82) is 0 Å². The largest absolute Gasteiger partial charge is 0.0616 e. The Morgan fingerprint density at radius 3 is 0.742 bits per heavy atom. The fourth-order valence-electron chi connectivity index (χ4n) is 12.7. The zero-order chi connectivity index (χ0) is 44.1. The molecule has 310 valence electrons. The van der Waals surface area contributed by atoms with Crippen molar-refractivity contribution in [3.63, 3.8) is 0 Å². The van der Waals surface area contributed by atoms with Crippen molar-refractivity contribution in [2.75, 3.05) is 0 Å². The van der Waals surface area contributed by atoms with Gasteiger partial charge in [-0.1, -0.05) is 210 Å². The quantitative estimate of drug-likeness (QED) is 0.166. The van der Waals surface area contributed by atoms with Crippen LogP contribution in [0.4, 0.5) is 0 Å². The van der Waals surface area contributed by atoms with E-state index in [1.54, 1.807) is 0 Å². The van der Waals surface area contributed by atoms with Gasteiger partial charge in [-0.05, 0) is 167 Å². The van der Waals surface area contributed by atoms with E-state index < -0.39 is 0 Å². The third kappa shape index (κ3) is 4.94. The molecule has 0 heterocycles. The molecule has 14 rings (SSSR count). The molecular formula is C66H46. The molecule has 12 aromatic rings. The number of rotatable bonds is 3. The number of hydrogen-bond donors (Lipinski definition) is 0. The van der Waals surface area contributed by atoms with Gasteiger partial charge in [-0.15, -0.1) is 0 Å². The molecule has 0 fully saturated rings. The zero-order valence-corrected chi connectivity index (χ0v) is 37.6. The predicted molar refractivity (Wildman–Crippen MR) is 283 cm³/mol. The highest BCUT2D eigenvalue weighted by molar-refractivity contribution is 6.22. The van der Waals surface area contributed by atoms with Gasteiger partial charge in [0.15, 0.2) is 0 Å². The molecule has 0 saturated carbocycles. The molecule has 66 heavy (non-hydrogen) atoms. The Morgan fingerprint density at radius 1 is 0.212 bits per heavy atom. The topological polar surface area (TPSA) is 0 Å². The average Bonchev–Trinajstić information content (AvgIpc) is 3.74. The summed E-state index contributed by atoms with van der Waals surface area (Å²) in [6.45, 7) is 9.82. The van der Waals surface area contributed by atoms with Crippen molar-refractivity contribution < 1.29 is 0 Å². The standard InChI is InChI=1S/C66H46/c1-65(2)57-35-53(43-33-17-21-39-19-5-7-23-41(39)43)45-25-9-13-29-49(45)61(57)63-51-31-15-11-27-47(51)55(37-59(63)65)56-38-60-64(52-32-16-12-28-48(52)56)62-50-30-14-10-26-46(50)54(36-58(62)66(60,3)4)44-34-18-22-40-20-6-8-24-42(40)44/h5-38H,1-4H3. The first-order valence-electron chi connectivity index (χ1n) is 23.5. The van der Waals surface area contributed by atoms with E-state index in [0.717, 1.165) is 0 Å². The third-order valence-electron chi connectivity index (χ3n) is 15.8. The van der Waals surface area contributed by atoms with E-state index in [4.69, 9.17) is 0 Å². The maximum Gasteiger partial charge on any atom is 0.0159 e. The molecule has 2 aliphatic rings. The zero-order valence-electron chi connectivity index (χ0n) is 37.6. The summed E-state index contributed by atoms with van der Waals surface area (Å²) in [6.07, 6.45) is 0. The highest BCUT2D eigenvalue weighted by Gasteiger charge is 2.42. The molecule has 0 nitrogen and oxygen atoms in total. The summed E-state index contributed by atoms with van der Waals surface area (Å²) in [5.41, 5.74) is 18.3. The second-order valence-electron chi connectivity index (χ2n) is 19.9. The summed E-state index contributed by atoms with van der Waals surface area (Å²) in [4.78, 5) is 0. The molecule has 2 aliphatic carbocycles. The minimum absolute atomic E-state index is 0.258. The molecule has 0 saturated heterocycles. The van der Waals surface area contributed by atoms with Gasteiger partial charge in [-0.25, -0.2) is 0 Å². The van der Waals surface area contributed by atoms with Crippen LogP contribution in [0.25, 0.3) is 120 Å². The molecule has 0 unspecified atom stereocenters. The van der Waals surface area contributed by atoms with Crippen LogP contribution in [-0.2, 0) is 10.8 Å². The van der Waals surface area contributed by atoms with E-state index in [-0.39, 0.29) is 10.8 Å². The van der Waals surface area contributed by atoms with Gasteiger partial charge in [0, 0.05) is 10.8 Å². The summed E-state index contributed by atoms with van der Waals surface area (Å²) in [6, 6.07) is 78.1. The first kappa shape index (κ1) is 37.6. The van der Waals surface area contributed by atoms with Crippen LogP contribution in [0.15, 0.2) is 206 Å². The van der Waals surface area contributed by atoms with E-state index in [0.29, 0.717) is 0 Å². The predicted octanol–water partition coefficient (Wildman–Crippen LogP) is 18.2. The second-order valence-corrected chi connectivity index (χ2v) is 19.9. The van der Waals surface area contributed by atoms with Crippen LogP contribution in [0.3, 0.4) is 0 Å². The maximum absolute atomic E-state index is 2.58. The lowest BCUT2D eigenvalue weighted by Crippen LogP contribution is -2.16. The molecule has 12 aromatic carbocycles. The van der Waals surface area contributed by atoms with Gasteiger partial charge in [0.1, 0.15) is 0 Å². The fourth-order valence-corrected chi connectivity index (χ4v) is 12.7. The lowest BCUT2D eigenvalue weighted by atomic mass is 9.77. The van der Waals surface area contributed by atoms with Gasteiger partial charge >= 0.3 is 0 Å². The third-order valence-corrected chi connectivity index (χ3v) is 15.8. The first-order chi connectivity index (χ1) is 32.3. The summed E-state index contributed by atoms with van der Waals surface area (Å²) in [5, 5.41) is 15.6. The average molecular weight is 839 g/mol. The lowest BCUT2D eigenvalue weighted by Gasteiger charge is -2.26. The van der Waals surface area contributed by atoms with E-state index >= 15 is 0 Å². The van der Waals surface area contributed by atoms with Crippen LogP contribution in [0.2, 0.25) is 0 Å². The monoisotopic (exact) mass is 838 g/mol. The highest BCUT2D eigenvalue weighted by Crippen LogP contribution is 2.60. The van der Waals surface area contributed by atoms with Gasteiger partial charge in [-0.3, -0.25) is 0 Å². The van der Waals surface area contributed by atoms with Gasteiger partial charge in [0.2, 0.25) is 0 Å². The van der Waals surface area contributed by atoms with Crippen LogP contribution >= 0.6 is 0 Å². The minimum atomic E-state index is -0.258. The smallest absolute Gasteiger partial charge is 0.0159 e. The van der Waals surface area contributed by atoms with Crippen LogP contribution in [0, 0.1) is 0 Å². The van der Waals surface area contributed by atoms with E-state index in [9.17, 15) is 0 Å². The normalized spacial score (nSPS) is 14.3. The second kappa shape index (κ2) is 13.4. The molecular weight excluding hydrogens is 793 g/mol. The Morgan fingerprint density at radius 2 is 0.439 bits per heavy atom. The van der Waals surface area contributed by atoms with E-state index in [1.165, 1.54) is 143 Å². The summed E-state index contributed by atoms with van der Waals surface area (Å²) in [5.74, 6) is 0. The summed E-state index contributed by atoms with van der Waals surface area (Å²) >= 11 is 0. The van der Waals surface area contributed by atoms with Crippen molar-refractivity contribution in [1.82, 2.24) is 0 Å². The summed E-state index contributed by atoms with van der Waals surface area (Å²) in [7, 11) is 0. The van der Waals surface area contributed by atoms with Crippen LogP contribution < -0.4 is 0 Å². The van der Waals surface area contributed by atoms with Crippen molar-refractivity contribution >= 4 is 64.6 Å². The molecule has 0 spiro atoms. The van der Waals surface area contributed by atoms with Crippen LogP contribution in [-0.4, -0.2) is 0 Å². The van der Waals surface area contributed by atoms with Crippen LogP contribution in [0.1, 0.15) is 49.9 Å². The van der Waals surface area contributed by atoms with Crippen molar-refractivity contribution in [2.45, 2.75) is 38.5 Å². The SMILES string of the molecule is CC1(C)c2cc(-c3cccc4ccccc34)c3ccccc3c2-c2c1cc(-c1cc3c(c4ccccc14)-c1c(cc(-c4cccc5ccccc45)c4ccccc14)C3(C)C)c1ccccc21. The molecule has 0 atom stereocenters. The molecule has 0 bridgehead atoms. The Balaban J connectivity index is 1.03. The molecule has 0 radical (unpaired) electrons. The first-order valence-corrected chi connectivity index (χ1v) is 23.5. The Kier molecular flexibility index (Phi) is 7.61. The number of fused-ring (bicyclic) bond motifs is 16. The molecule has 0 amide bonds. The maximum atomic E-state index is 2.58. The highest BCUT2D eigenvalue weighted by atomic mass is 14.4. The van der Waals surface area contributed by atoms with Crippen molar-refractivity contribution in [2.24, 2.45) is 0 Å². The van der Waals surface area contributed by atoms with Crippen molar-refractivity contribution in [3.05, 3.63) is 229 Å². The number of benzene rings is 12. The Bertz CT molecular complexity index is 3820. The van der Waals surface area contributed by atoms with Crippen LogP contribution in [0.5, 0.6) is 0 Å². The molecule has 0 aromatic heterocycles. The Labute approximate surface area is 385 Å².